The summed E-state index contributed by atoms with van der Waals surface area (Å²) in [6.45, 7) is 5.66. The van der Waals surface area contributed by atoms with Gasteiger partial charge in [-0.25, -0.2) is 14.8 Å². The van der Waals surface area contributed by atoms with Crippen molar-refractivity contribution < 1.29 is 9.53 Å². The number of likely N-dealkylation sites (tertiary alicyclic amines) is 1. The van der Waals surface area contributed by atoms with E-state index in [1.807, 2.05) is 25.1 Å². The average molecular weight is 456 g/mol. The minimum atomic E-state index is -0.230. The predicted molar refractivity (Wildman–Crippen MR) is 134 cm³/mol. The van der Waals surface area contributed by atoms with Crippen LogP contribution in [0.3, 0.4) is 0 Å². The van der Waals surface area contributed by atoms with E-state index in [1.165, 1.54) is 5.56 Å². The van der Waals surface area contributed by atoms with Gasteiger partial charge in [0.25, 0.3) is 0 Å². The van der Waals surface area contributed by atoms with E-state index in [4.69, 9.17) is 4.74 Å². The fourth-order valence-electron chi connectivity index (χ4n) is 4.60. The third kappa shape index (κ3) is 4.33. The van der Waals surface area contributed by atoms with Crippen molar-refractivity contribution in [3.05, 3.63) is 72.7 Å². The van der Waals surface area contributed by atoms with Gasteiger partial charge in [0.2, 0.25) is 0 Å². The molecule has 1 aliphatic rings. The molecule has 174 valence electrons. The van der Waals surface area contributed by atoms with E-state index in [9.17, 15) is 4.79 Å². The molecule has 34 heavy (non-hydrogen) atoms. The van der Waals surface area contributed by atoms with Crippen molar-refractivity contribution in [2.45, 2.75) is 32.7 Å². The van der Waals surface area contributed by atoms with Crippen LogP contribution >= 0.6 is 0 Å². The summed E-state index contributed by atoms with van der Waals surface area (Å²) in [6, 6.07) is 19.0. The molecule has 0 spiro atoms. The normalized spacial score (nSPS) is 14.4. The van der Waals surface area contributed by atoms with Gasteiger partial charge in [-0.3, -0.25) is 0 Å². The molecule has 0 aliphatic carbocycles. The van der Waals surface area contributed by atoms with Gasteiger partial charge in [0.05, 0.1) is 12.0 Å². The molecule has 2 aromatic carbocycles. The Labute approximate surface area is 199 Å². The lowest BCUT2D eigenvalue weighted by Crippen LogP contribution is -2.42. The Morgan fingerprint density at radius 2 is 1.88 bits per heavy atom. The maximum Gasteiger partial charge on any atom is 0.409 e. The highest BCUT2D eigenvalue weighted by molar-refractivity contribution is 6.02. The fourth-order valence-corrected chi connectivity index (χ4v) is 4.60. The van der Waals surface area contributed by atoms with Crippen molar-refractivity contribution in [1.82, 2.24) is 19.4 Å². The Bertz CT molecular complexity index is 1290. The van der Waals surface area contributed by atoms with Gasteiger partial charge in [-0.2, -0.15) is 0 Å². The molecule has 1 aliphatic heterocycles. The van der Waals surface area contributed by atoms with Gasteiger partial charge in [-0.15, -0.1) is 0 Å². The third-order valence-electron chi connectivity index (χ3n) is 6.31. The smallest absolute Gasteiger partial charge is 0.409 e. The standard InChI is InChI=1S/C27H29N5O2/c1-3-34-27(33)31-14-12-21(13-15-31)30-25-24-23(20-9-5-4-6-10-20)17-32(26(24)29-18-28-25)22-11-7-8-19(2)16-22/h4-11,16-18,21H,3,12-15H2,1-2H3,(H,28,29,30). The molecular formula is C27H29N5O2. The molecule has 2 aromatic heterocycles. The number of piperidine rings is 1. The first-order valence-electron chi connectivity index (χ1n) is 11.8. The zero-order valence-corrected chi connectivity index (χ0v) is 19.6. The van der Waals surface area contributed by atoms with Crippen LogP contribution < -0.4 is 5.32 Å². The number of carbonyl (C=O) groups excluding carboxylic acids is 1. The molecular weight excluding hydrogens is 426 g/mol. The van der Waals surface area contributed by atoms with Gasteiger partial charge in [0.1, 0.15) is 12.1 Å². The highest BCUT2D eigenvalue weighted by Crippen LogP contribution is 2.36. The first kappa shape index (κ1) is 21.9. The van der Waals surface area contributed by atoms with Crippen LogP contribution in [0.4, 0.5) is 10.6 Å². The summed E-state index contributed by atoms with van der Waals surface area (Å²) >= 11 is 0. The lowest BCUT2D eigenvalue weighted by molar-refractivity contribution is 0.0983. The minimum Gasteiger partial charge on any atom is -0.450 e. The van der Waals surface area contributed by atoms with Gasteiger partial charge < -0.3 is 19.5 Å². The van der Waals surface area contributed by atoms with Crippen LogP contribution in [0.2, 0.25) is 0 Å². The number of hydrogen-bond acceptors (Lipinski definition) is 5. The number of aryl methyl sites for hydroxylation is 1. The molecule has 5 rings (SSSR count). The van der Waals surface area contributed by atoms with Crippen LogP contribution in [0.5, 0.6) is 0 Å². The van der Waals surface area contributed by atoms with Crippen LogP contribution in [-0.4, -0.2) is 51.3 Å². The maximum atomic E-state index is 12.1. The van der Waals surface area contributed by atoms with Crippen LogP contribution in [0.15, 0.2) is 67.1 Å². The Kier molecular flexibility index (Phi) is 6.16. The first-order chi connectivity index (χ1) is 16.6. The quantitative estimate of drug-likeness (QED) is 0.435. The number of ether oxygens (including phenoxy) is 1. The van der Waals surface area contributed by atoms with Gasteiger partial charge in [-0.1, -0.05) is 42.5 Å². The van der Waals surface area contributed by atoms with E-state index >= 15 is 0 Å². The molecule has 0 radical (unpaired) electrons. The summed E-state index contributed by atoms with van der Waals surface area (Å²) in [4.78, 5) is 23.2. The van der Waals surface area contributed by atoms with Crippen molar-refractivity contribution >= 4 is 22.9 Å². The van der Waals surface area contributed by atoms with Crippen LogP contribution in [0, 0.1) is 6.92 Å². The molecule has 7 nitrogen and oxygen atoms in total. The van der Waals surface area contributed by atoms with E-state index in [0.29, 0.717) is 19.7 Å². The number of anilines is 1. The van der Waals surface area contributed by atoms with E-state index in [1.54, 1.807) is 11.2 Å². The highest BCUT2D eigenvalue weighted by Gasteiger charge is 2.25. The number of benzene rings is 2. The zero-order valence-electron chi connectivity index (χ0n) is 19.6. The molecule has 0 atom stereocenters. The van der Waals surface area contributed by atoms with Crippen molar-refractivity contribution in [3.8, 4) is 16.8 Å². The Balaban J connectivity index is 1.51. The number of hydrogen-bond donors (Lipinski definition) is 1. The SMILES string of the molecule is CCOC(=O)N1CCC(Nc2ncnc3c2c(-c2ccccc2)cn3-c2cccc(C)c2)CC1. The van der Waals surface area contributed by atoms with E-state index in [-0.39, 0.29) is 12.1 Å². The number of carbonyl (C=O) groups is 1. The molecule has 3 heterocycles. The second-order valence-electron chi connectivity index (χ2n) is 8.64. The predicted octanol–water partition coefficient (Wildman–Crippen LogP) is 5.43. The van der Waals surface area contributed by atoms with E-state index < -0.39 is 0 Å². The second kappa shape index (κ2) is 9.55. The molecule has 0 bridgehead atoms. The third-order valence-corrected chi connectivity index (χ3v) is 6.31. The summed E-state index contributed by atoms with van der Waals surface area (Å²) in [6.07, 6.45) is 5.22. The van der Waals surface area contributed by atoms with Gasteiger partial charge >= 0.3 is 6.09 Å². The number of nitrogens with zero attached hydrogens (tertiary/aromatic N) is 4. The molecule has 4 aromatic rings. The first-order valence-corrected chi connectivity index (χ1v) is 11.8. The highest BCUT2D eigenvalue weighted by atomic mass is 16.6. The van der Waals surface area contributed by atoms with Crippen molar-refractivity contribution in [2.24, 2.45) is 0 Å². The zero-order chi connectivity index (χ0) is 23.5. The lowest BCUT2D eigenvalue weighted by atomic mass is 10.0. The van der Waals surface area contributed by atoms with Crippen LogP contribution in [0.25, 0.3) is 27.8 Å². The fraction of sp³-hybridized carbons (Fsp3) is 0.296. The summed E-state index contributed by atoms with van der Waals surface area (Å²) in [7, 11) is 0. The van der Waals surface area contributed by atoms with Gasteiger partial charge in [0, 0.05) is 36.6 Å². The Morgan fingerprint density at radius 3 is 2.62 bits per heavy atom. The summed E-state index contributed by atoms with van der Waals surface area (Å²) in [5.74, 6) is 0.824. The largest absolute Gasteiger partial charge is 0.450 e. The summed E-state index contributed by atoms with van der Waals surface area (Å²) in [5.41, 5.74) is 5.34. The van der Waals surface area contributed by atoms with Gasteiger partial charge in [0.15, 0.2) is 5.65 Å². The van der Waals surface area contributed by atoms with E-state index in [0.717, 1.165) is 46.5 Å². The minimum absolute atomic E-state index is 0.217. The van der Waals surface area contributed by atoms with Crippen molar-refractivity contribution in [2.75, 3.05) is 25.0 Å². The molecule has 7 heteroatoms. The number of aromatic nitrogens is 3. The molecule has 0 unspecified atom stereocenters. The van der Waals surface area contributed by atoms with Crippen molar-refractivity contribution in [1.29, 1.82) is 0 Å². The number of nitrogens with one attached hydrogen (secondary N) is 1. The summed E-state index contributed by atoms with van der Waals surface area (Å²) in [5, 5.41) is 4.66. The van der Waals surface area contributed by atoms with Crippen molar-refractivity contribution in [3.63, 3.8) is 0 Å². The average Bonchev–Trinajstić information content (AvgIpc) is 3.26. The maximum absolute atomic E-state index is 12.1. The monoisotopic (exact) mass is 455 g/mol. The molecule has 0 saturated carbocycles. The summed E-state index contributed by atoms with van der Waals surface area (Å²) < 4.78 is 7.29. The second-order valence-corrected chi connectivity index (χ2v) is 8.64. The van der Waals surface area contributed by atoms with Crippen LogP contribution in [0.1, 0.15) is 25.3 Å². The number of amides is 1. The Morgan fingerprint density at radius 1 is 1.09 bits per heavy atom. The molecule has 1 amide bonds. The van der Waals surface area contributed by atoms with E-state index in [2.05, 4.69) is 69.4 Å². The molecule has 1 fully saturated rings. The molecule has 1 saturated heterocycles. The van der Waals surface area contributed by atoms with Crippen LogP contribution in [-0.2, 0) is 4.74 Å². The topological polar surface area (TPSA) is 72.3 Å². The van der Waals surface area contributed by atoms with Gasteiger partial charge in [-0.05, 0) is 49.9 Å². The number of rotatable bonds is 5. The number of fused-ring (bicyclic) bond motifs is 1. The lowest BCUT2D eigenvalue weighted by Gasteiger charge is -2.32. The Hall–Kier alpha value is -3.87. The molecule has 1 N–H and O–H groups in total.